The van der Waals surface area contributed by atoms with Crippen molar-refractivity contribution in [2.24, 2.45) is 5.73 Å². The highest BCUT2D eigenvalue weighted by Crippen LogP contribution is 2.24. The van der Waals surface area contributed by atoms with E-state index < -0.39 is 6.04 Å². The van der Waals surface area contributed by atoms with Gasteiger partial charge in [-0.05, 0) is 30.7 Å². The zero-order valence-corrected chi connectivity index (χ0v) is 10.4. The Bertz CT molecular complexity index is 557. The van der Waals surface area contributed by atoms with Crippen molar-refractivity contribution in [1.29, 1.82) is 0 Å². The molecule has 0 aliphatic carbocycles. The second-order valence-corrected chi connectivity index (χ2v) is 4.12. The molecular weight excluding hydrogens is 231 g/mol. The van der Waals surface area contributed by atoms with E-state index in [0.29, 0.717) is 17.0 Å². The summed E-state index contributed by atoms with van der Waals surface area (Å²) in [4.78, 5) is 4.18. The standard InChI is InChI=1S/C14H15FN2O/c1-9-5-6-17-13(7-9)14(16)11-4-3-10(18-2)8-12(11)15/h3-8,14H,16H2,1-2H3. The van der Waals surface area contributed by atoms with E-state index in [1.807, 2.05) is 19.1 Å². The van der Waals surface area contributed by atoms with Crippen molar-refractivity contribution in [3.63, 3.8) is 0 Å². The second kappa shape index (κ2) is 5.14. The highest BCUT2D eigenvalue weighted by atomic mass is 19.1. The molecule has 2 N–H and O–H groups in total. The lowest BCUT2D eigenvalue weighted by atomic mass is 10.0. The third-order valence-electron chi connectivity index (χ3n) is 2.80. The molecule has 0 saturated heterocycles. The van der Waals surface area contributed by atoms with E-state index in [0.717, 1.165) is 5.56 Å². The fourth-order valence-electron chi connectivity index (χ4n) is 1.78. The van der Waals surface area contributed by atoms with E-state index in [1.54, 1.807) is 18.3 Å². The Balaban J connectivity index is 2.37. The van der Waals surface area contributed by atoms with Crippen LogP contribution in [0.15, 0.2) is 36.5 Å². The Hall–Kier alpha value is -1.94. The Morgan fingerprint density at radius 1 is 1.28 bits per heavy atom. The maximum Gasteiger partial charge on any atom is 0.132 e. The fourth-order valence-corrected chi connectivity index (χ4v) is 1.78. The zero-order chi connectivity index (χ0) is 13.1. The fraction of sp³-hybridized carbons (Fsp3) is 0.214. The van der Waals surface area contributed by atoms with Crippen molar-refractivity contribution >= 4 is 0 Å². The lowest BCUT2D eigenvalue weighted by Crippen LogP contribution is -2.15. The first-order valence-electron chi connectivity index (χ1n) is 5.63. The molecular formula is C14H15FN2O. The predicted molar refractivity (Wildman–Crippen MR) is 68.0 cm³/mol. The van der Waals surface area contributed by atoms with Crippen LogP contribution in [0, 0.1) is 12.7 Å². The first-order valence-corrected chi connectivity index (χ1v) is 5.63. The second-order valence-electron chi connectivity index (χ2n) is 4.12. The number of ether oxygens (including phenoxy) is 1. The Kier molecular flexibility index (Phi) is 3.58. The largest absolute Gasteiger partial charge is 0.497 e. The molecule has 0 radical (unpaired) electrons. The monoisotopic (exact) mass is 246 g/mol. The summed E-state index contributed by atoms with van der Waals surface area (Å²) < 4.78 is 18.8. The van der Waals surface area contributed by atoms with E-state index in [2.05, 4.69) is 4.98 Å². The highest BCUT2D eigenvalue weighted by molar-refractivity contribution is 5.35. The third-order valence-corrected chi connectivity index (χ3v) is 2.80. The van der Waals surface area contributed by atoms with E-state index in [1.165, 1.54) is 13.2 Å². The molecule has 2 rings (SSSR count). The van der Waals surface area contributed by atoms with Gasteiger partial charge in [0.25, 0.3) is 0 Å². The number of hydrogen-bond acceptors (Lipinski definition) is 3. The average molecular weight is 246 g/mol. The van der Waals surface area contributed by atoms with E-state index >= 15 is 0 Å². The molecule has 2 aromatic rings. The first-order chi connectivity index (χ1) is 8.61. The smallest absolute Gasteiger partial charge is 0.132 e. The highest BCUT2D eigenvalue weighted by Gasteiger charge is 2.15. The van der Waals surface area contributed by atoms with Gasteiger partial charge in [0.2, 0.25) is 0 Å². The number of hydrogen-bond donors (Lipinski definition) is 1. The maximum absolute atomic E-state index is 13.9. The van der Waals surface area contributed by atoms with Crippen LogP contribution in [0.3, 0.4) is 0 Å². The Morgan fingerprint density at radius 2 is 2.06 bits per heavy atom. The zero-order valence-electron chi connectivity index (χ0n) is 10.4. The predicted octanol–water partition coefficient (Wildman–Crippen LogP) is 2.59. The SMILES string of the molecule is COc1ccc(C(N)c2cc(C)ccn2)c(F)c1. The van der Waals surface area contributed by atoms with Gasteiger partial charge in [-0.1, -0.05) is 6.07 Å². The summed E-state index contributed by atoms with van der Waals surface area (Å²) in [5.74, 6) is 0.0887. The molecule has 18 heavy (non-hydrogen) atoms. The maximum atomic E-state index is 13.9. The molecule has 3 nitrogen and oxygen atoms in total. The molecule has 4 heteroatoms. The van der Waals surface area contributed by atoms with Crippen molar-refractivity contribution < 1.29 is 9.13 Å². The van der Waals surface area contributed by atoms with Crippen LogP contribution in [-0.4, -0.2) is 12.1 Å². The van der Waals surface area contributed by atoms with Crippen LogP contribution < -0.4 is 10.5 Å². The van der Waals surface area contributed by atoms with Gasteiger partial charge in [0.1, 0.15) is 11.6 Å². The van der Waals surface area contributed by atoms with Crippen LogP contribution in [0.25, 0.3) is 0 Å². The number of nitrogens with two attached hydrogens (primary N) is 1. The molecule has 1 unspecified atom stereocenters. The van der Waals surface area contributed by atoms with Crippen LogP contribution in [0.1, 0.15) is 22.9 Å². The van der Waals surface area contributed by atoms with E-state index in [9.17, 15) is 4.39 Å². The van der Waals surface area contributed by atoms with E-state index in [-0.39, 0.29) is 5.82 Å². The minimum Gasteiger partial charge on any atom is -0.497 e. The van der Waals surface area contributed by atoms with Crippen molar-refractivity contribution in [3.05, 3.63) is 59.2 Å². The molecule has 1 atom stereocenters. The first kappa shape index (κ1) is 12.5. The van der Waals surface area contributed by atoms with Gasteiger partial charge in [0.15, 0.2) is 0 Å². The lowest BCUT2D eigenvalue weighted by molar-refractivity contribution is 0.410. The number of pyridine rings is 1. The van der Waals surface area contributed by atoms with E-state index in [4.69, 9.17) is 10.5 Å². The molecule has 0 aliphatic rings. The van der Waals surface area contributed by atoms with Crippen LogP contribution in [0.5, 0.6) is 5.75 Å². The van der Waals surface area contributed by atoms with Gasteiger partial charge in [0, 0.05) is 17.8 Å². The number of aromatic nitrogens is 1. The van der Waals surface area contributed by atoms with Gasteiger partial charge in [0.05, 0.1) is 18.8 Å². The number of nitrogens with zero attached hydrogens (tertiary/aromatic N) is 1. The van der Waals surface area contributed by atoms with Gasteiger partial charge in [-0.3, -0.25) is 4.98 Å². The van der Waals surface area contributed by atoms with Crippen LogP contribution in [-0.2, 0) is 0 Å². The minimum atomic E-state index is -0.573. The van der Waals surface area contributed by atoms with Crippen molar-refractivity contribution in [3.8, 4) is 5.75 Å². The van der Waals surface area contributed by atoms with Gasteiger partial charge in [-0.2, -0.15) is 0 Å². The number of halogens is 1. The summed E-state index contributed by atoms with van der Waals surface area (Å²) in [7, 11) is 1.50. The Morgan fingerprint density at radius 3 is 2.67 bits per heavy atom. The molecule has 1 heterocycles. The third kappa shape index (κ3) is 2.49. The van der Waals surface area contributed by atoms with Gasteiger partial charge < -0.3 is 10.5 Å². The number of aryl methyl sites for hydroxylation is 1. The normalized spacial score (nSPS) is 12.2. The molecule has 0 saturated carbocycles. The summed E-state index contributed by atoms with van der Waals surface area (Å²) >= 11 is 0. The number of rotatable bonds is 3. The lowest BCUT2D eigenvalue weighted by Gasteiger charge is -2.13. The molecule has 0 amide bonds. The van der Waals surface area contributed by atoms with Gasteiger partial charge in [-0.25, -0.2) is 4.39 Å². The summed E-state index contributed by atoms with van der Waals surface area (Å²) in [6.07, 6.45) is 1.67. The molecule has 0 aliphatic heterocycles. The van der Waals surface area contributed by atoms with Crippen LogP contribution in [0.2, 0.25) is 0 Å². The molecule has 94 valence electrons. The summed E-state index contributed by atoms with van der Waals surface area (Å²) in [6.45, 7) is 1.95. The number of benzene rings is 1. The molecule has 0 fully saturated rings. The van der Waals surface area contributed by atoms with Gasteiger partial charge in [-0.15, -0.1) is 0 Å². The summed E-state index contributed by atoms with van der Waals surface area (Å²) in [5.41, 5.74) is 8.14. The summed E-state index contributed by atoms with van der Waals surface area (Å²) in [6, 6.07) is 7.80. The van der Waals surface area contributed by atoms with Crippen molar-refractivity contribution in [2.75, 3.05) is 7.11 Å². The molecule has 1 aromatic carbocycles. The quantitative estimate of drug-likeness (QED) is 0.905. The minimum absolute atomic E-state index is 0.384. The number of methoxy groups -OCH3 is 1. The molecule has 1 aromatic heterocycles. The van der Waals surface area contributed by atoms with Crippen LogP contribution >= 0.6 is 0 Å². The molecule has 0 bridgehead atoms. The van der Waals surface area contributed by atoms with Crippen molar-refractivity contribution in [1.82, 2.24) is 4.98 Å². The summed E-state index contributed by atoms with van der Waals surface area (Å²) in [5, 5.41) is 0. The van der Waals surface area contributed by atoms with Crippen LogP contribution in [0.4, 0.5) is 4.39 Å². The van der Waals surface area contributed by atoms with Crippen molar-refractivity contribution in [2.45, 2.75) is 13.0 Å². The van der Waals surface area contributed by atoms with Gasteiger partial charge >= 0.3 is 0 Å². The Labute approximate surface area is 105 Å². The molecule has 0 spiro atoms. The average Bonchev–Trinajstić information content (AvgIpc) is 2.37. The topological polar surface area (TPSA) is 48.1 Å².